The van der Waals surface area contributed by atoms with Crippen molar-refractivity contribution >= 4 is 11.6 Å². The number of benzene rings is 1. The molecule has 0 saturated heterocycles. The van der Waals surface area contributed by atoms with Crippen molar-refractivity contribution in [3.05, 3.63) is 29.8 Å². The van der Waals surface area contributed by atoms with Crippen LogP contribution in [0.4, 0.5) is 27.6 Å². The van der Waals surface area contributed by atoms with Gasteiger partial charge in [0.1, 0.15) is 0 Å². The van der Waals surface area contributed by atoms with Gasteiger partial charge in [-0.3, -0.25) is 4.79 Å². The lowest BCUT2D eigenvalue weighted by atomic mass is 10.1. The van der Waals surface area contributed by atoms with Gasteiger partial charge in [-0.2, -0.15) is 22.0 Å². The van der Waals surface area contributed by atoms with Crippen molar-refractivity contribution in [3.63, 3.8) is 0 Å². The van der Waals surface area contributed by atoms with E-state index in [1.54, 1.807) is 12.1 Å². The highest BCUT2D eigenvalue weighted by atomic mass is 19.4. The van der Waals surface area contributed by atoms with E-state index in [-0.39, 0.29) is 12.2 Å². The van der Waals surface area contributed by atoms with Gasteiger partial charge < -0.3 is 10.6 Å². The fraction of sp³-hybridized carbons (Fsp3) is 0.462. The first kappa shape index (κ1) is 15.5. The summed E-state index contributed by atoms with van der Waals surface area (Å²) >= 11 is 0. The molecule has 0 atom stereocenters. The van der Waals surface area contributed by atoms with E-state index >= 15 is 0 Å². The molecule has 2 N–H and O–H groups in total. The molecule has 0 aromatic heterocycles. The largest absolute Gasteiger partial charge is 0.463 e. The second-order valence-corrected chi connectivity index (χ2v) is 4.94. The zero-order chi connectivity index (χ0) is 15.8. The third kappa shape index (κ3) is 3.08. The highest BCUT2D eigenvalue weighted by Crippen LogP contribution is 2.40. The van der Waals surface area contributed by atoms with Gasteiger partial charge in [-0.1, -0.05) is 18.2 Å². The number of nitrogens with zero attached hydrogens (tertiary/aromatic N) is 1. The molecule has 0 spiro atoms. The molecule has 3 nitrogen and oxygen atoms in total. The van der Waals surface area contributed by atoms with Gasteiger partial charge in [0.05, 0.1) is 0 Å². The number of hydrogen-bond donors (Lipinski definition) is 1. The molecule has 1 fully saturated rings. The monoisotopic (exact) mass is 308 g/mol. The van der Waals surface area contributed by atoms with Gasteiger partial charge >= 0.3 is 18.0 Å². The zero-order valence-electron chi connectivity index (χ0n) is 10.8. The Morgan fingerprint density at radius 1 is 1.19 bits per heavy atom. The van der Waals surface area contributed by atoms with Gasteiger partial charge in [-0.05, 0) is 24.5 Å². The molecule has 8 heteroatoms. The van der Waals surface area contributed by atoms with Crippen LogP contribution in [0.1, 0.15) is 18.4 Å². The number of nitrogen functional groups attached to an aromatic ring is 1. The van der Waals surface area contributed by atoms with Gasteiger partial charge in [0.25, 0.3) is 0 Å². The number of nitrogens with two attached hydrogens (primary N) is 1. The summed E-state index contributed by atoms with van der Waals surface area (Å²) in [5, 5.41) is 0. The van der Waals surface area contributed by atoms with Crippen molar-refractivity contribution in [2.24, 2.45) is 0 Å². The molecule has 0 bridgehead atoms. The first-order valence-electron chi connectivity index (χ1n) is 6.23. The van der Waals surface area contributed by atoms with Crippen molar-refractivity contribution in [3.8, 4) is 0 Å². The van der Waals surface area contributed by atoms with E-state index in [1.165, 1.54) is 12.1 Å². The Labute approximate surface area is 117 Å². The summed E-state index contributed by atoms with van der Waals surface area (Å²) in [6.45, 7) is -0.359. The van der Waals surface area contributed by atoms with Crippen LogP contribution < -0.4 is 5.73 Å². The van der Waals surface area contributed by atoms with Crippen LogP contribution in [0.3, 0.4) is 0 Å². The second kappa shape index (κ2) is 5.16. The third-order valence-electron chi connectivity index (χ3n) is 3.27. The fourth-order valence-electron chi connectivity index (χ4n) is 1.92. The van der Waals surface area contributed by atoms with Gasteiger partial charge in [-0.25, -0.2) is 0 Å². The van der Waals surface area contributed by atoms with Crippen LogP contribution in [0.15, 0.2) is 24.3 Å². The number of para-hydroxylation sites is 1. The Kier molecular flexibility index (Phi) is 3.81. The topological polar surface area (TPSA) is 46.3 Å². The average Bonchev–Trinajstić information content (AvgIpc) is 3.20. The van der Waals surface area contributed by atoms with Gasteiger partial charge in [0, 0.05) is 18.3 Å². The maximum Gasteiger partial charge on any atom is 0.463 e. The first-order valence-corrected chi connectivity index (χ1v) is 6.23. The third-order valence-corrected chi connectivity index (χ3v) is 3.27. The van der Waals surface area contributed by atoms with Gasteiger partial charge in [0.2, 0.25) is 0 Å². The Hall–Kier alpha value is -1.86. The van der Waals surface area contributed by atoms with Crippen LogP contribution in [0, 0.1) is 0 Å². The standard InChI is InChI=1S/C13H13F5N2O/c14-12(15,13(16,17)18)11(21)20(9-5-6-9)7-8-3-1-2-4-10(8)19/h1-4,9H,5-7,19H2. The Bertz CT molecular complexity index is 540. The van der Waals surface area contributed by atoms with Crippen LogP contribution in [-0.4, -0.2) is 28.9 Å². The highest BCUT2D eigenvalue weighted by molar-refractivity contribution is 5.85. The number of alkyl halides is 5. The molecular weight excluding hydrogens is 295 g/mol. The molecule has 1 aliphatic carbocycles. The van der Waals surface area contributed by atoms with Crippen LogP contribution in [-0.2, 0) is 11.3 Å². The van der Waals surface area contributed by atoms with Crippen molar-refractivity contribution in [1.29, 1.82) is 0 Å². The molecule has 21 heavy (non-hydrogen) atoms. The predicted octanol–water partition coefficient (Wildman–Crippen LogP) is 2.96. The molecule has 1 aromatic rings. The smallest absolute Gasteiger partial charge is 0.398 e. The summed E-state index contributed by atoms with van der Waals surface area (Å²) in [5.41, 5.74) is 6.22. The molecule has 116 valence electrons. The number of carbonyl (C=O) groups excluding carboxylic acids is 1. The maximum absolute atomic E-state index is 13.2. The summed E-state index contributed by atoms with van der Waals surface area (Å²) in [4.78, 5) is 12.2. The molecule has 0 unspecified atom stereocenters. The minimum Gasteiger partial charge on any atom is -0.398 e. The van der Waals surface area contributed by atoms with E-state index < -0.39 is 24.0 Å². The fourth-order valence-corrected chi connectivity index (χ4v) is 1.92. The van der Waals surface area contributed by atoms with E-state index in [0.29, 0.717) is 23.3 Å². The predicted molar refractivity (Wildman–Crippen MR) is 65.4 cm³/mol. The van der Waals surface area contributed by atoms with E-state index in [9.17, 15) is 26.7 Å². The van der Waals surface area contributed by atoms with E-state index in [2.05, 4.69) is 0 Å². The average molecular weight is 308 g/mol. The number of halogens is 5. The summed E-state index contributed by atoms with van der Waals surface area (Å²) < 4.78 is 63.4. The number of carbonyl (C=O) groups is 1. The zero-order valence-corrected chi connectivity index (χ0v) is 10.8. The van der Waals surface area contributed by atoms with Crippen LogP contribution in [0.25, 0.3) is 0 Å². The van der Waals surface area contributed by atoms with E-state index in [1.807, 2.05) is 0 Å². The summed E-state index contributed by atoms with van der Waals surface area (Å²) in [5.74, 6) is -7.61. The van der Waals surface area contributed by atoms with Crippen LogP contribution in [0.5, 0.6) is 0 Å². The Morgan fingerprint density at radius 3 is 2.24 bits per heavy atom. The molecule has 1 amide bonds. The second-order valence-electron chi connectivity index (χ2n) is 4.94. The first-order chi connectivity index (χ1) is 9.64. The Morgan fingerprint density at radius 2 is 1.76 bits per heavy atom. The van der Waals surface area contributed by atoms with Crippen molar-refractivity contribution < 1.29 is 26.7 Å². The SMILES string of the molecule is Nc1ccccc1CN(C(=O)C(F)(F)C(F)(F)F)C1CC1. The Balaban J connectivity index is 2.24. The van der Waals surface area contributed by atoms with Gasteiger partial charge in [-0.15, -0.1) is 0 Å². The molecular formula is C13H13F5N2O. The lowest BCUT2D eigenvalue weighted by molar-refractivity contribution is -0.275. The molecule has 1 aromatic carbocycles. The highest BCUT2D eigenvalue weighted by Gasteiger charge is 2.65. The van der Waals surface area contributed by atoms with Gasteiger partial charge in [0.15, 0.2) is 0 Å². The molecule has 0 radical (unpaired) electrons. The lowest BCUT2D eigenvalue weighted by Crippen LogP contribution is -2.52. The minimum absolute atomic E-state index is 0.242. The lowest BCUT2D eigenvalue weighted by Gasteiger charge is -2.28. The van der Waals surface area contributed by atoms with E-state index in [0.717, 1.165) is 0 Å². The molecule has 0 aliphatic heterocycles. The van der Waals surface area contributed by atoms with Crippen LogP contribution >= 0.6 is 0 Å². The van der Waals surface area contributed by atoms with Crippen molar-refractivity contribution in [2.45, 2.75) is 37.5 Å². The van der Waals surface area contributed by atoms with Crippen LogP contribution in [0.2, 0.25) is 0 Å². The molecule has 2 rings (SSSR count). The molecule has 1 saturated carbocycles. The number of anilines is 1. The number of rotatable bonds is 4. The van der Waals surface area contributed by atoms with E-state index in [4.69, 9.17) is 5.73 Å². The summed E-state index contributed by atoms with van der Waals surface area (Å²) in [6.07, 6.45) is -5.09. The molecule has 1 aliphatic rings. The normalized spacial score (nSPS) is 15.9. The number of hydrogen-bond acceptors (Lipinski definition) is 2. The quantitative estimate of drug-likeness (QED) is 0.686. The number of amides is 1. The minimum atomic E-state index is -5.90. The maximum atomic E-state index is 13.2. The van der Waals surface area contributed by atoms with Crippen molar-refractivity contribution in [1.82, 2.24) is 4.90 Å². The molecule has 0 heterocycles. The van der Waals surface area contributed by atoms with Crippen molar-refractivity contribution in [2.75, 3.05) is 5.73 Å². The summed E-state index contributed by atoms with van der Waals surface area (Å²) in [7, 11) is 0. The summed E-state index contributed by atoms with van der Waals surface area (Å²) in [6, 6.07) is 5.57.